The van der Waals surface area contributed by atoms with Crippen LogP contribution in [0.2, 0.25) is 15.1 Å². The number of aromatic hydroxyl groups is 1. The zero-order chi connectivity index (χ0) is 22.6. The Kier molecular flexibility index (Phi) is 5.26. The van der Waals surface area contributed by atoms with Crippen LogP contribution < -0.4 is 9.96 Å². The summed E-state index contributed by atoms with van der Waals surface area (Å²) in [5, 5.41) is 12.9. The van der Waals surface area contributed by atoms with Crippen LogP contribution in [0.5, 0.6) is 5.75 Å². The lowest BCUT2D eigenvalue weighted by Crippen LogP contribution is -2.37. The molecule has 3 aromatic rings. The van der Waals surface area contributed by atoms with Gasteiger partial charge >= 0.3 is 0 Å². The van der Waals surface area contributed by atoms with Crippen LogP contribution in [0.3, 0.4) is 0 Å². The third kappa shape index (κ3) is 3.31. The van der Waals surface area contributed by atoms with E-state index < -0.39 is 29.9 Å². The van der Waals surface area contributed by atoms with Crippen molar-refractivity contribution in [2.24, 2.45) is 5.92 Å². The molecule has 0 radical (unpaired) electrons. The zero-order valence-corrected chi connectivity index (χ0v) is 18.6. The molecule has 0 spiro atoms. The number of amides is 2. The van der Waals surface area contributed by atoms with Gasteiger partial charge in [0.25, 0.3) is 5.91 Å². The minimum atomic E-state index is -1.09. The first-order chi connectivity index (χ1) is 15.4. The smallest absolute Gasteiger partial charge is 0.266 e. The average molecular weight is 490 g/mol. The highest BCUT2D eigenvalue weighted by atomic mass is 35.5. The molecule has 2 aliphatic heterocycles. The van der Waals surface area contributed by atoms with Crippen molar-refractivity contribution in [1.29, 1.82) is 0 Å². The Morgan fingerprint density at radius 3 is 2.25 bits per heavy atom. The van der Waals surface area contributed by atoms with Crippen molar-refractivity contribution in [2.75, 3.05) is 9.96 Å². The van der Waals surface area contributed by atoms with Crippen molar-refractivity contribution >= 4 is 58.0 Å². The summed E-state index contributed by atoms with van der Waals surface area (Å²) in [6.07, 6.45) is -1.09. The molecular weight excluding hydrogens is 475 g/mol. The number of phenols is 1. The van der Waals surface area contributed by atoms with Crippen LogP contribution in [-0.2, 0) is 14.4 Å². The summed E-state index contributed by atoms with van der Waals surface area (Å²) in [5.41, 5.74) is 1.24. The predicted octanol–water partition coefficient (Wildman–Crippen LogP) is 5.40. The average Bonchev–Trinajstić information content (AvgIpc) is 3.27. The monoisotopic (exact) mass is 488 g/mol. The fourth-order valence-electron chi connectivity index (χ4n) is 4.21. The number of carbonyl (C=O) groups is 2. The number of hydrogen-bond acceptors (Lipinski definition) is 5. The third-order valence-electron chi connectivity index (χ3n) is 5.57. The Hall–Kier alpha value is -2.77. The van der Waals surface area contributed by atoms with Gasteiger partial charge in [0.05, 0.1) is 22.4 Å². The standard InChI is InChI=1S/C23H15Cl3N2O4/c24-12-5-4-8-15(9-12)27-22(30)18-19(16-10-13(25)11-17(26)20(16)29)28(32-21(18)23(27)31)14-6-2-1-3-7-14/h1-11,18-19,21,29H/t18-,19-,21-/m0/s1. The van der Waals surface area contributed by atoms with Crippen LogP contribution in [0.15, 0.2) is 66.7 Å². The lowest BCUT2D eigenvalue weighted by Gasteiger charge is -2.29. The first-order valence-electron chi connectivity index (χ1n) is 9.69. The highest BCUT2D eigenvalue weighted by Crippen LogP contribution is 2.51. The van der Waals surface area contributed by atoms with Crippen molar-refractivity contribution in [1.82, 2.24) is 0 Å². The summed E-state index contributed by atoms with van der Waals surface area (Å²) >= 11 is 18.5. The summed E-state index contributed by atoms with van der Waals surface area (Å²) in [6.45, 7) is 0. The number of phenolic OH excluding ortho intramolecular Hbond substituents is 1. The normalized spacial score (nSPS) is 22.5. The third-order valence-corrected chi connectivity index (χ3v) is 6.31. The number of fused-ring (bicyclic) bond motifs is 1. The maximum absolute atomic E-state index is 13.6. The Morgan fingerprint density at radius 2 is 1.53 bits per heavy atom. The predicted molar refractivity (Wildman–Crippen MR) is 122 cm³/mol. The Balaban J connectivity index is 1.65. The van der Waals surface area contributed by atoms with Crippen LogP contribution in [0.25, 0.3) is 0 Å². The van der Waals surface area contributed by atoms with Gasteiger partial charge in [-0.15, -0.1) is 0 Å². The number of hydroxylamine groups is 1. The van der Waals surface area contributed by atoms with Crippen molar-refractivity contribution in [3.8, 4) is 5.75 Å². The topological polar surface area (TPSA) is 70.1 Å². The molecule has 0 unspecified atom stereocenters. The Bertz CT molecular complexity index is 1240. The first kappa shape index (κ1) is 21.1. The summed E-state index contributed by atoms with van der Waals surface area (Å²) in [4.78, 5) is 33.9. The fraction of sp³-hybridized carbons (Fsp3) is 0.130. The highest BCUT2D eigenvalue weighted by Gasteiger charge is 2.60. The minimum absolute atomic E-state index is 0.0347. The SMILES string of the molecule is O=C1[C@@H]2[C@H](ON(c3ccccc3)[C@H]2c2cc(Cl)cc(Cl)c2O)C(=O)N1c1cccc(Cl)c1. The molecular formula is C23H15Cl3N2O4. The fourth-order valence-corrected chi connectivity index (χ4v) is 4.90. The number of carbonyl (C=O) groups excluding carboxylic acids is 2. The Morgan fingerprint density at radius 1 is 0.812 bits per heavy atom. The van der Waals surface area contributed by atoms with Crippen molar-refractivity contribution in [2.45, 2.75) is 12.1 Å². The molecule has 5 rings (SSSR count). The van der Waals surface area contributed by atoms with E-state index in [1.807, 2.05) is 6.07 Å². The molecule has 1 N–H and O–H groups in total. The molecule has 162 valence electrons. The number of rotatable bonds is 3. The molecule has 3 atom stereocenters. The second kappa shape index (κ2) is 7.98. The molecule has 6 nitrogen and oxygen atoms in total. The van der Waals surface area contributed by atoms with E-state index in [4.69, 9.17) is 39.6 Å². The van der Waals surface area contributed by atoms with Crippen molar-refractivity contribution in [3.05, 3.63) is 87.4 Å². The second-order valence-corrected chi connectivity index (χ2v) is 8.76. The molecule has 9 heteroatoms. The Labute approximate surface area is 198 Å². The number of hydrogen-bond donors (Lipinski definition) is 1. The van der Waals surface area contributed by atoms with E-state index in [1.165, 1.54) is 23.3 Å². The van der Waals surface area contributed by atoms with Crippen LogP contribution in [-0.4, -0.2) is 23.0 Å². The number of anilines is 2. The van der Waals surface area contributed by atoms with Crippen LogP contribution in [0.4, 0.5) is 11.4 Å². The molecule has 2 saturated heterocycles. The number of halogens is 3. The molecule has 2 fully saturated rings. The van der Waals surface area contributed by atoms with Gasteiger partial charge in [-0.3, -0.25) is 14.4 Å². The number of imide groups is 1. The van der Waals surface area contributed by atoms with Crippen LogP contribution in [0, 0.1) is 5.92 Å². The van der Waals surface area contributed by atoms with Gasteiger partial charge in [-0.05, 0) is 42.5 Å². The second-order valence-electron chi connectivity index (χ2n) is 7.48. The largest absolute Gasteiger partial charge is 0.506 e. The van der Waals surface area contributed by atoms with Gasteiger partial charge in [0, 0.05) is 15.6 Å². The lowest BCUT2D eigenvalue weighted by molar-refractivity contribution is -0.126. The van der Waals surface area contributed by atoms with E-state index in [9.17, 15) is 14.7 Å². The maximum Gasteiger partial charge on any atom is 0.266 e. The van der Waals surface area contributed by atoms with Gasteiger partial charge < -0.3 is 5.11 Å². The summed E-state index contributed by atoms with van der Waals surface area (Å²) in [6, 6.07) is 17.5. The summed E-state index contributed by atoms with van der Waals surface area (Å²) in [5.74, 6) is -2.16. The van der Waals surface area contributed by atoms with Gasteiger partial charge in [0.1, 0.15) is 11.7 Å². The quantitative estimate of drug-likeness (QED) is 0.499. The van der Waals surface area contributed by atoms with E-state index in [0.29, 0.717) is 16.4 Å². The first-order valence-corrected chi connectivity index (χ1v) is 10.8. The number of benzene rings is 3. The van der Waals surface area contributed by atoms with E-state index in [1.54, 1.807) is 42.5 Å². The van der Waals surface area contributed by atoms with Crippen molar-refractivity contribution < 1.29 is 19.5 Å². The molecule has 2 aliphatic rings. The molecule has 3 aromatic carbocycles. The van der Waals surface area contributed by atoms with Gasteiger partial charge in [-0.25, -0.2) is 9.96 Å². The molecule has 32 heavy (non-hydrogen) atoms. The highest BCUT2D eigenvalue weighted by molar-refractivity contribution is 6.35. The zero-order valence-electron chi connectivity index (χ0n) is 16.3. The molecule has 0 saturated carbocycles. The van der Waals surface area contributed by atoms with Crippen LogP contribution >= 0.6 is 34.8 Å². The summed E-state index contributed by atoms with van der Waals surface area (Å²) in [7, 11) is 0. The molecule has 2 amide bonds. The lowest BCUT2D eigenvalue weighted by atomic mass is 9.90. The molecule has 0 aliphatic carbocycles. The number of para-hydroxylation sites is 1. The maximum atomic E-state index is 13.6. The molecule has 0 aromatic heterocycles. The van der Waals surface area contributed by atoms with E-state index >= 15 is 0 Å². The van der Waals surface area contributed by atoms with E-state index in [-0.39, 0.29) is 21.4 Å². The van der Waals surface area contributed by atoms with E-state index in [0.717, 1.165) is 4.90 Å². The van der Waals surface area contributed by atoms with E-state index in [2.05, 4.69) is 0 Å². The molecule has 2 heterocycles. The van der Waals surface area contributed by atoms with Gasteiger partial charge in [-0.2, -0.15) is 0 Å². The van der Waals surface area contributed by atoms with Crippen LogP contribution in [0.1, 0.15) is 11.6 Å². The van der Waals surface area contributed by atoms with Gasteiger partial charge in [0.2, 0.25) is 5.91 Å². The van der Waals surface area contributed by atoms with Crippen molar-refractivity contribution in [3.63, 3.8) is 0 Å². The minimum Gasteiger partial charge on any atom is -0.506 e. The van der Waals surface area contributed by atoms with Gasteiger partial charge in [0.15, 0.2) is 6.10 Å². The number of nitrogens with zero attached hydrogens (tertiary/aromatic N) is 2. The molecule has 0 bridgehead atoms. The summed E-state index contributed by atoms with van der Waals surface area (Å²) < 4.78 is 0. The van der Waals surface area contributed by atoms with Gasteiger partial charge in [-0.1, -0.05) is 59.1 Å².